The Bertz CT molecular complexity index is 581. The first kappa shape index (κ1) is 22.4. The van der Waals surface area contributed by atoms with Crippen LogP contribution >= 0.6 is 0 Å². The van der Waals surface area contributed by atoms with Crippen LogP contribution in [0.4, 0.5) is 11.4 Å². The number of nitrogens with one attached hydrogen (secondary N) is 2. The van der Waals surface area contributed by atoms with Crippen LogP contribution in [-0.4, -0.2) is 42.9 Å². The van der Waals surface area contributed by atoms with Crippen molar-refractivity contribution in [3.63, 3.8) is 0 Å². The van der Waals surface area contributed by atoms with Crippen molar-refractivity contribution in [3.05, 3.63) is 24.3 Å². The predicted molar refractivity (Wildman–Crippen MR) is 115 cm³/mol. The van der Waals surface area contributed by atoms with Gasteiger partial charge in [-0.05, 0) is 69.6 Å². The van der Waals surface area contributed by atoms with Crippen LogP contribution in [0.25, 0.3) is 0 Å². The Morgan fingerprint density at radius 3 is 1.93 bits per heavy atom. The molecule has 1 aliphatic rings. The number of amides is 2. The minimum atomic E-state index is 0.0230. The maximum Gasteiger partial charge on any atom is 0.238 e. The summed E-state index contributed by atoms with van der Waals surface area (Å²) in [5.74, 6) is 0.0523. The number of hydrogen-bond acceptors (Lipinski definition) is 4. The third kappa shape index (κ3) is 9.33. The highest BCUT2D eigenvalue weighted by molar-refractivity contribution is 5.93. The van der Waals surface area contributed by atoms with Crippen molar-refractivity contribution in [3.8, 4) is 0 Å². The molecule has 1 heterocycles. The number of nitrogens with zero attached hydrogens (tertiary/aromatic N) is 1. The average Bonchev–Trinajstić information content (AvgIpc) is 2.65. The van der Waals surface area contributed by atoms with E-state index in [1.54, 1.807) is 0 Å². The van der Waals surface area contributed by atoms with Gasteiger partial charge >= 0.3 is 0 Å². The van der Waals surface area contributed by atoms with E-state index in [-0.39, 0.29) is 11.8 Å². The van der Waals surface area contributed by atoms with Crippen molar-refractivity contribution in [1.82, 2.24) is 4.90 Å². The first-order valence-electron chi connectivity index (χ1n) is 10.8. The van der Waals surface area contributed by atoms with Crippen molar-refractivity contribution < 1.29 is 9.59 Å². The second kappa shape index (κ2) is 13.3. The fraction of sp³-hybridized carbons (Fsp3) is 0.636. The Labute approximate surface area is 169 Å². The molecule has 1 saturated heterocycles. The predicted octanol–water partition coefficient (Wildman–Crippen LogP) is 3.74. The molecule has 0 spiro atoms. The number of rotatable bonds is 10. The lowest BCUT2D eigenvalue weighted by Gasteiger charge is -2.23. The third-order valence-corrected chi connectivity index (χ3v) is 5.13. The molecule has 4 N–H and O–H groups in total. The maximum absolute atomic E-state index is 12.3. The molecule has 0 atom stereocenters. The summed E-state index contributed by atoms with van der Waals surface area (Å²) in [4.78, 5) is 26.5. The molecule has 6 nitrogen and oxygen atoms in total. The van der Waals surface area contributed by atoms with E-state index in [4.69, 9.17) is 5.73 Å². The Kier molecular flexibility index (Phi) is 10.6. The average molecular weight is 389 g/mol. The van der Waals surface area contributed by atoms with Gasteiger partial charge in [0, 0.05) is 17.8 Å². The Hall–Kier alpha value is -1.92. The van der Waals surface area contributed by atoms with Crippen molar-refractivity contribution in [1.29, 1.82) is 0 Å². The van der Waals surface area contributed by atoms with E-state index < -0.39 is 0 Å². The van der Waals surface area contributed by atoms with Crippen LogP contribution in [0.3, 0.4) is 0 Å². The number of anilines is 2. The first-order valence-corrected chi connectivity index (χ1v) is 10.8. The van der Waals surface area contributed by atoms with Crippen LogP contribution in [-0.2, 0) is 9.59 Å². The molecule has 0 saturated carbocycles. The van der Waals surface area contributed by atoms with E-state index in [1.165, 1.54) is 32.1 Å². The lowest BCUT2D eigenvalue weighted by molar-refractivity contribution is -0.117. The molecule has 0 radical (unpaired) electrons. The standard InChI is InChI=1S/C22H36N4O2/c23-15-7-3-2-6-10-21(27)24-19-11-13-20(14-12-19)25-22(28)18-26-16-8-4-1-5-9-17-26/h11-14H,1-10,15-18,23H2,(H,24,27)(H,25,28). The lowest BCUT2D eigenvalue weighted by atomic mass is 10.1. The van der Waals surface area contributed by atoms with Gasteiger partial charge in [0.05, 0.1) is 6.54 Å². The van der Waals surface area contributed by atoms with Crippen LogP contribution < -0.4 is 16.4 Å². The number of unbranched alkanes of at least 4 members (excludes halogenated alkanes) is 3. The third-order valence-electron chi connectivity index (χ3n) is 5.13. The fourth-order valence-electron chi connectivity index (χ4n) is 3.52. The molecule has 0 unspecified atom stereocenters. The van der Waals surface area contributed by atoms with E-state index >= 15 is 0 Å². The monoisotopic (exact) mass is 388 g/mol. The van der Waals surface area contributed by atoms with Crippen molar-refractivity contribution in [2.24, 2.45) is 5.73 Å². The molecule has 2 rings (SSSR count). The van der Waals surface area contributed by atoms with Gasteiger partial charge in [0.1, 0.15) is 0 Å². The van der Waals surface area contributed by atoms with Crippen molar-refractivity contribution >= 4 is 23.2 Å². The summed E-state index contributed by atoms with van der Waals surface area (Å²) in [6.07, 6.45) is 10.7. The second-order valence-electron chi connectivity index (χ2n) is 7.67. The molecule has 0 aliphatic carbocycles. The normalized spacial score (nSPS) is 15.5. The van der Waals surface area contributed by atoms with E-state index in [1.807, 2.05) is 24.3 Å². The molecule has 156 valence electrons. The van der Waals surface area contributed by atoms with E-state index in [2.05, 4.69) is 15.5 Å². The van der Waals surface area contributed by atoms with Crippen LogP contribution in [0.2, 0.25) is 0 Å². The van der Waals surface area contributed by atoms with Gasteiger partial charge in [-0.3, -0.25) is 14.5 Å². The molecular formula is C22H36N4O2. The highest BCUT2D eigenvalue weighted by Crippen LogP contribution is 2.15. The molecule has 28 heavy (non-hydrogen) atoms. The smallest absolute Gasteiger partial charge is 0.238 e. The fourth-order valence-corrected chi connectivity index (χ4v) is 3.52. The molecule has 0 aromatic heterocycles. The quantitative estimate of drug-likeness (QED) is 0.533. The number of likely N-dealkylation sites (tertiary alicyclic amines) is 1. The Balaban J connectivity index is 1.69. The minimum Gasteiger partial charge on any atom is -0.330 e. The van der Waals surface area contributed by atoms with Crippen LogP contribution in [0, 0.1) is 0 Å². The zero-order chi connectivity index (χ0) is 20.0. The molecule has 1 fully saturated rings. The zero-order valence-electron chi connectivity index (χ0n) is 17.0. The number of benzene rings is 1. The van der Waals surface area contributed by atoms with Crippen LogP contribution in [0.5, 0.6) is 0 Å². The highest BCUT2D eigenvalue weighted by atomic mass is 16.2. The van der Waals surface area contributed by atoms with Gasteiger partial charge in [0.25, 0.3) is 0 Å². The second-order valence-corrected chi connectivity index (χ2v) is 7.67. The highest BCUT2D eigenvalue weighted by Gasteiger charge is 2.12. The van der Waals surface area contributed by atoms with Crippen molar-refractivity contribution in [2.45, 2.75) is 64.2 Å². The topological polar surface area (TPSA) is 87.5 Å². The SMILES string of the molecule is NCCCCCCC(=O)Nc1ccc(NC(=O)CN2CCCCCCC2)cc1. The summed E-state index contributed by atoms with van der Waals surface area (Å²) in [5.41, 5.74) is 6.98. The van der Waals surface area contributed by atoms with Crippen LogP contribution in [0.1, 0.15) is 64.2 Å². The first-order chi connectivity index (χ1) is 13.7. The van der Waals surface area contributed by atoms with Gasteiger partial charge in [-0.25, -0.2) is 0 Å². The summed E-state index contributed by atoms with van der Waals surface area (Å²) in [7, 11) is 0. The van der Waals surface area contributed by atoms with Gasteiger partial charge in [-0.2, -0.15) is 0 Å². The summed E-state index contributed by atoms with van der Waals surface area (Å²) in [5, 5.41) is 5.86. The molecule has 0 bridgehead atoms. The molecule has 6 heteroatoms. The summed E-state index contributed by atoms with van der Waals surface area (Å²) >= 11 is 0. The Morgan fingerprint density at radius 1 is 0.786 bits per heavy atom. The van der Waals surface area contributed by atoms with E-state index in [0.29, 0.717) is 19.5 Å². The molecule has 1 aliphatic heterocycles. The number of carbonyl (C=O) groups is 2. The minimum absolute atomic E-state index is 0.0230. The van der Waals surface area contributed by atoms with E-state index in [9.17, 15) is 9.59 Å². The van der Waals surface area contributed by atoms with Crippen molar-refractivity contribution in [2.75, 3.05) is 36.8 Å². The summed E-state index contributed by atoms with van der Waals surface area (Å²) in [6, 6.07) is 7.33. The maximum atomic E-state index is 12.3. The van der Waals surface area contributed by atoms with Gasteiger partial charge in [0.15, 0.2) is 0 Å². The van der Waals surface area contributed by atoms with Crippen LogP contribution in [0.15, 0.2) is 24.3 Å². The summed E-state index contributed by atoms with van der Waals surface area (Å²) < 4.78 is 0. The van der Waals surface area contributed by atoms with Gasteiger partial charge in [0.2, 0.25) is 11.8 Å². The summed E-state index contributed by atoms with van der Waals surface area (Å²) in [6.45, 7) is 3.17. The van der Waals surface area contributed by atoms with Gasteiger partial charge in [-0.15, -0.1) is 0 Å². The molecular weight excluding hydrogens is 352 g/mol. The zero-order valence-corrected chi connectivity index (χ0v) is 17.0. The number of nitrogens with two attached hydrogens (primary N) is 1. The molecule has 1 aromatic rings. The number of hydrogen-bond donors (Lipinski definition) is 3. The van der Waals surface area contributed by atoms with E-state index in [0.717, 1.165) is 50.1 Å². The Morgan fingerprint density at radius 2 is 1.32 bits per heavy atom. The largest absolute Gasteiger partial charge is 0.330 e. The molecule has 1 aromatic carbocycles. The molecule has 2 amide bonds. The van der Waals surface area contributed by atoms with Gasteiger partial charge in [-0.1, -0.05) is 32.1 Å². The number of carbonyl (C=O) groups excluding carboxylic acids is 2. The van der Waals surface area contributed by atoms with Gasteiger partial charge < -0.3 is 16.4 Å². The lowest BCUT2D eigenvalue weighted by Crippen LogP contribution is -2.35.